The molecule has 3 nitrogen and oxygen atoms in total. The van der Waals surface area contributed by atoms with Crippen LogP contribution >= 0.6 is 0 Å². The monoisotopic (exact) mass is 205 g/mol. The Bertz CT molecular complexity index is 424. The lowest BCUT2D eigenvalue weighted by Crippen LogP contribution is -2.04. The van der Waals surface area contributed by atoms with Crippen molar-refractivity contribution in [2.75, 3.05) is 0 Å². The van der Waals surface area contributed by atoms with E-state index in [0.717, 1.165) is 12.1 Å². The summed E-state index contributed by atoms with van der Waals surface area (Å²) in [7, 11) is 0. The predicted octanol–water partition coefficient (Wildman–Crippen LogP) is 2.60. The van der Waals surface area contributed by atoms with E-state index in [2.05, 4.69) is 18.8 Å². The molecule has 1 aliphatic carbocycles. The number of rotatable bonds is 2. The minimum absolute atomic E-state index is 0.303. The van der Waals surface area contributed by atoms with Crippen LogP contribution in [0.5, 0.6) is 0 Å². The second-order valence-electron chi connectivity index (χ2n) is 4.92. The van der Waals surface area contributed by atoms with E-state index in [1.165, 1.54) is 0 Å². The highest BCUT2D eigenvalue weighted by Crippen LogP contribution is 2.57. The van der Waals surface area contributed by atoms with Gasteiger partial charge in [-0.2, -0.15) is 0 Å². The average molecular weight is 205 g/mol. The van der Waals surface area contributed by atoms with Crippen LogP contribution in [0, 0.1) is 12.3 Å². The van der Waals surface area contributed by atoms with Gasteiger partial charge >= 0.3 is 5.97 Å². The Kier molecular flexibility index (Phi) is 2.07. The Morgan fingerprint density at radius 3 is 2.53 bits per heavy atom. The molecular formula is C12H15NO2. The van der Waals surface area contributed by atoms with Crippen molar-refractivity contribution in [3.63, 3.8) is 0 Å². The molecule has 15 heavy (non-hydrogen) atoms. The van der Waals surface area contributed by atoms with Gasteiger partial charge in [-0.05, 0) is 30.9 Å². The van der Waals surface area contributed by atoms with Crippen LogP contribution in [0.25, 0.3) is 0 Å². The second-order valence-corrected chi connectivity index (χ2v) is 4.92. The van der Waals surface area contributed by atoms with Crippen molar-refractivity contribution in [2.24, 2.45) is 5.41 Å². The molecule has 0 radical (unpaired) electrons. The number of carbonyl (C=O) groups is 1. The highest BCUT2D eigenvalue weighted by atomic mass is 16.4. The molecule has 1 fully saturated rings. The zero-order chi connectivity index (χ0) is 11.2. The summed E-state index contributed by atoms with van der Waals surface area (Å²) in [5.41, 5.74) is 2.28. The fourth-order valence-electron chi connectivity index (χ4n) is 1.97. The molecule has 1 N–H and O–H groups in total. The van der Waals surface area contributed by atoms with Crippen LogP contribution in [0.4, 0.5) is 0 Å². The summed E-state index contributed by atoms with van der Waals surface area (Å²) in [5, 5.41) is 8.87. The lowest BCUT2D eigenvalue weighted by molar-refractivity contribution is 0.0695. The van der Waals surface area contributed by atoms with Gasteiger partial charge in [-0.15, -0.1) is 0 Å². The molecule has 1 aromatic heterocycles. The standard InChI is InChI=1S/C12H15NO2/c1-7-8(11(14)15)4-5-10(13-7)9-6-12(9,2)3/h4-5,9H,6H2,1-3H3,(H,14,15). The Hall–Kier alpha value is -1.38. The van der Waals surface area contributed by atoms with E-state index in [-0.39, 0.29) is 0 Å². The molecule has 2 rings (SSSR count). The van der Waals surface area contributed by atoms with E-state index in [0.29, 0.717) is 22.6 Å². The van der Waals surface area contributed by atoms with Crippen LogP contribution in [0.15, 0.2) is 12.1 Å². The van der Waals surface area contributed by atoms with E-state index < -0.39 is 5.97 Å². The number of carboxylic acid groups (broad SMARTS) is 1. The first-order valence-electron chi connectivity index (χ1n) is 5.12. The summed E-state index contributed by atoms with van der Waals surface area (Å²) >= 11 is 0. The SMILES string of the molecule is Cc1nc(C2CC2(C)C)ccc1C(=O)O. The van der Waals surface area contributed by atoms with Gasteiger partial charge in [0.2, 0.25) is 0 Å². The molecule has 0 aromatic carbocycles. The fraction of sp³-hybridized carbons (Fsp3) is 0.500. The normalized spacial score (nSPS) is 22.5. The number of pyridine rings is 1. The number of aryl methyl sites for hydroxylation is 1. The molecule has 1 aliphatic rings. The number of aromatic carboxylic acids is 1. The Balaban J connectivity index is 2.31. The first-order chi connectivity index (χ1) is 6.92. The van der Waals surface area contributed by atoms with E-state index in [1.54, 1.807) is 13.0 Å². The zero-order valence-corrected chi connectivity index (χ0v) is 9.24. The fourth-order valence-corrected chi connectivity index (χ4v) is 1.97. The number of carboxylic acids is 1. The van der Waals surface area contributed by atoms with Crippen LogP contribution in [0.1, 0.15) is 47.9 Å². The molecule has 0 saturated heterocycles. The first-order valence-corrected chi connectivity index (χ1v) is 5.12. The van der Waals surface area contributed by atoms with Gasteiger partial charge in [0.05, 0.1) is 11.3 Å². The average Bonchev–Trinajstić information content (AvgIpc) is 2.74. The largest absolute Gasteiger partial charge is 0.478 e. The molecule has 0 spiro atoms. The van der Waals surface area contributed by atoms with E-state index in [4.69, 9.17) is 5.11 Å². The maximum atomic E-state index is 10.8. The summed E-state index contributed by atoms with van der Waals surface area (Å²) in [6, 6.07) is 3.50. The van der Waals surface area contributed by atoms with Crippen LogP contribution < -0.4 is 0 Å². The summed E-state index contributed by atoms with van der Waals surface area (Å²) < 4.78 is 0. The van der Waals surface area contributed by atoms with Crippen LogP contribution in [-0.2, 0) is 0 Å². The third kappa shape index (κ3) is 1.74. The summed E-state index contributed by atoms with van der Waals surface area (Å²) in [4.78, 5) is 15.2. The number of hydrogen-bond acceptors (Lipinski definition) is 2. The molecule has 80 valence electrons. The zero-order valence-electron chi connectivity index (χ0n) is 9.24. The molecular weight excluding hydrogens is 190 g/mol. The van der Waals surface area contributed by atoms with Gasteiger partial charge in [-0.1, -0.05) is 13.8 Å². The van der Waals surface area contributed by atoms with Crippen molar-refractivity contribution >= 4 is 5.97 Å². The van der Waals surface area contributed by atoms with Gasteiger partial charge in [0.15, 0.2) is 0 Å². The molecule has 1 unspecified atom stereocenters. The van der Waals surface area contributed by atoms with Crippen LogP contribution in [0.2, 0.25) is 0 Å². The van der Waals surface area contributed by atoms with Crippen LogP contribution in [-0.4, -0.2) is 16.1 Å². The second kappa shape index (κ2) is 3.05. The quantitative estimate of drug-likeness (QED) is 0.807. The van der Waals surface area contributed by atoms with Crippen molar-refractivity contribution < 1.29 is 9.90 Å². The van der Waals surface area contributed by atoms with Gasteiger partial charge < -0.3 is 5.11 Å². The molecule has 0 amide bonds. The molecule has 1 saturated carbocycles. The van der Waals surface area contributed by atoms with Crippen molar-refractivity contribution in [3.05, 3.63) is 29.1 Å². The topological polar surface area (TPSA) is 50.2 Å². The minimum atomic E-state index is -0.901. The van der Waals surface area contributed by atoms with Crippen molar-refractivity contribution in [1.82, 2.24) is 4.98 Å². The van der Waals surface area contributed by atoms with Gasteiger partial charge in [-0.25, -0.2) is 4.79 Å². The molecule has 3 heteroatoms. The molecule has 1 atom stereocenters. The Morgan fingerprint density at radius 1 is 1.53 bits per heavy atom. The molecule has 1 aromatic rings. The van der Waals surface area contributed by atoms with E-state index in [1.807, 2.05) is 6.07 Å². The van der Waals surface area contributed by atoms with E-state index in [9.17, 15) is 4.79 Å². The van der Waals surface area contributed by atoms with Gasteiger partial charge in [0, 0.05) is 11.6 Å². The van der Waals surface area contributed by atoms with Crippen molar-refractivity contribution in [1.29, 1.82) is 0 Å². The molecule has 1 heterocycles. The third-order valence-electron chi connectivity index (χ3n) is 3.21. The summed E-state index contributed by atoms with van der Waals surface area (Å²) in [5.74, 6) is -0.402. The van der Waals surface area contributed by atoms with Gasteiger partial charge in [0.25, 0.3) is 0 Å². The first kappa shape index (κ1) is 10.1. The predicted molar refractivity (Wildman–Crippen MR) is 57.1 cm³/mol. The Labute approximate surface area is 89.2 Å². The van der Waals surface area contributed by atoms with Crippen molar-refractivity contribution in [2.45, 2.75) is 33.1 Å². The number of aromatic nitrogens is 1. The highest BCUT2D eigenvalue weighted by molar-refractivity contribution is 5.88. The maximum absolute atomic E-state index is 10.8. The Morgan fingerprint density at radius 2 is 2.13 bits per heavy atom. The van der Waals surface area contributed by atoms with Gasteiger partial charge in [0.1, 0.15) is 0 Å². The lowest BCUT2D eigenvalue weighted by atomic mass is 10.1. The van der Waals surface area contributed by atoms with Crippen LogP contribution in [0.3, 0.4) is 0 Å². The minimum Gasteiger partial charge on any atom is -0.478 e. The summed E-state index contributed by atoms with van der Waals surface area (Å²) in [6.07, 6.45) is 1.14. The lowest BCUT2D eigenvalue weighted by Gasteiger charge is -2.05. The summed E-state index contributed by atoms with van der Waals surface area (Å²) in [6.45, 7) is 6.17. The third-order valence-corrected chi connectivity index (χ3v) is 3.21. The highest BCUT2D eigenvalue weighted by Gasteiger charge is 2.47. The number of hydrogen-bond donors (Lipinski definition) is 1. The van der Waals surface area contributed by atoms with E-state index >= 15 is 0 Å². The van der Waals surface area contributed by atoms with Gasteiger partial charge in [-0.3, -0.25) is 4.98 Å². The van der Waals surface area contributed by atoms with Crippen molar-refractivity contribution in [3.8, 4) is 0 Å². The molecule has 0 aliphatic heterocycles. The number of nitrogens with zero attached hydrogens (tertiary/aromatic N) is 1. The smallest absolute Gasteiger partial charge is 0.337 e. The maximum Gasteiger partial charge on any atom is 0.337 e. The molecule has 0 bridgehead atoms.